The number of hydrogen-bond donors (Lipinski definition) is 2. The number of nitrogens with one attached hydrogen (secondary N) is 2. The Bertz CT molecular complexity index is 493. The Balaban J connectivity index is 2.54. The number of halogens is 1. The van der Waals surface area contributed by atoms with Gasteiger partial charge in [0.05, 0.1) is 17.3 Å². The quantitative estimate of drug-likeness (QED) is 0.896. The van der Waals surface area contributed by atoms with Gasteiger partial charge in [0.2, 0.25) is 11.8 Å². The Morgan fingerprint density at radius 3 is 2.42 bits per heavy atom. The highest BCUT2D eigenvalue weighted by Gasteiger charge is 2.21. The molecule has 19 heavy (non-hydrogen) atoms. The lowest BCUT2D eigenvalue weighted by atomic mass is 9.96. The van der Waals surface area contributed by atoms with E-state index < -0.39 is 5.41 Å². The van der Waals surface area contributed by atoms with E-state index in [-0.39, 0.29) is 18.4 Å². The molecule has 104 valence electrons. The van der Waals surface area contributed by atoms with Crippen molar-refractivity contribution in [2.45, 2.75) is 27.7 Å². The van der Waals surface area contributed by atoms with E-state index in [1.165, 1.54) is 0 Å². The van der Waals surface area contributed by atoms with E-state index in [4.69, 9.17) is 11.6 Å². The number of carbonyl (C=O) groups is 2. The van der Waals surface area contributed by atoms with Crippen LogP contribution in [0.2, 0.25) is 5.02 Å². The standard InChI is InChI=1S/C14H19ClN2O2/c1-9-5-6-11(10(15)7-9)17-12(18)8-16-13(19)14(2,3)4/h5-7H,8H2,1-4H3,(H,16,19)(H,17,18). The van der Waals surface area contributed by atoms with Gasteiger partial charge in [-0.15, -0.1) is 0 Å². The second-order valence-electron chi connectivity index (χ2n) is 5.46. The molecule has 0 heterocycles. The molecule has 0 fully saturated rings. The molecule has 0 aliphatic carbocycles. The second kappa shape index (κ2) is 6.06. The average Bonchev–Trinajstić information content (AvgIpc) is 2.28. The first-order valence-electron chi connectivity index (χ1n) is 6.04. The lowest BCUT2D eigenvalue weighted by molar-refractivity contribution is -0.130. The number of carbonyl (C=O) groups excluding carboxylic acids is 2. The van der Waals surface area contributed by atoms with Crippen molar-refractivity contribution in [3.05, 3.63) is 28.8 Å². The van der Waals surface area contributed by atoms with Crippen molar-refractivity contribution < 1.29 is 9.59 Å². The highest BCUT2D eigenvalue weighted by atomic mass is 35.5. The van der Waals surface area contributed by atoms with Crippen LogP contribution >= 0.6 is 11.6 Å². The highest BCUT2D eigenvalue weighted by molar-refractivity contribution is 6.33. The molecule has 0 saturated heterocycles. The summed E-state index contributed by atoms with van der Waals surface area (Å²) >= 11 is 6.01. The van der Waals surface area contributed by atoms with Gasteiger partial charge in [-0.2, -0.15) is 0 Å². The SMILES string of the molecule is Cc1ccc(NC(=O)CNC(=O)C(C)(C)C)c(Cl)c1. The van der Waals surface area contributed by atoms with Crippen LogP contribution in [0.5, 0.6) is 0 Å². The van der Waals surface area contributed by atoms with E-state index in [1.807, 2.05) is 13.0 Å². The van der Waals surface area contributed by atoms with E-state index in [0.717, 1.165) is 5.56 Å². The molecule has 2 amide bonds. The van der Waals surface area contributed by atoms with Crippen LogP contribution in [-0.2, 0) is 9.59 Å². The van der Waals surface area contributed by atoms with Crippen LogP contribution in [-0.4, -0.2) is 18.4 Å². The number of aryl methyl sites for hydroxylation is 1. The van der Waals surface area contributed by atoms with E-state index >= 15 is 0 Å². The van der Waals surface area contributed by atoms with Crippen LogP contribution in [0.1, 0.15) is 26.3 Å². The molecule has 1 aromatic carbocycles. The first kappa shape index (κ1) is 15.5. The molecule has 0 unspecified atom stereocenters. The monoisotopic (exact) mass is 282 g/mol. The molecule has 0 atom stereocenters. The molecular weight excluding hydrogens is 264 g/mol. The molecule has 5 heteroatoms. The van der Waals surface area contributed by atoms with Gasteiger partial charge < -0.3 is 10.6 Å². The van der Waals surface area contributed by atoms with Gasteiger partial charge in [0.1, 0.15) is 0 Å². The summed E-state index contributed by atoms with van der Waals surface area (Å²) in [7, 11) is 0. The van der Waals surface area contributed by atoms with Crippen LogP contribution in [0.15, 0.2) is 18.2 Å². The third-order valence-electron chi connectivity index (χ3n) is 2.49. The van der Waals surface area contributed by atoms with Crippen LogP contribution < -0.4 is 10.6 Å². The van der Waals surface area contributed by atoms with Crippen LogP contribution in [0, 0.1) is 12.3 Å². The summed E-state index contributed by atoms with van der Waals surface area (Å²) in [5.74, 6) is -0.471. The third kappa shape index (κ3) is 4.91. The predicted octanol–water partition coefficient (Wildman–Crippen LogP) is 2.75. The first-order valence-corrected chi connectivity index (χ1v) is 6.42. The zero-order valence-corrected chi connectivity index (χ0v) is 12.4. The molecule has 1 rings (SSSR count). The minimum absolute atomic E-state index is 0.0691. The summed E-state index contributed by atoms with van der Waals surface area (Å²) in [6.45, 7) is 7.21. The van der Waals surface area contributed by atoms with Gasteiger partial charge in [0.25, 0.3) is 0 Å². The number of hydrogen-bond acceptors (Lipinski definition) is 2. The van der Waals surface area contributed by atoms with Crippen molar-refractivity contribution in [3.63, 3.8) is 0 Å². The molecule has 0 aromatic heterocycles. The maximum atomic E-state index is 11.7. The van der Waals surface area contributed by atoms with Gasteiger partial charge >= 0.3 is 0 Å². The second-order valence-corrected chi connectivity index (χ2v) is 5.87. The summed E-state index contributed by atoms with van der Waals surface area (Å²) in [4.78, 5) is 23.3. The van der Waals surface area contributed by atoms with Gasteiger partial charge in [-0.05, 0) is 24.6 Å². The first-order chi connectivity index (χ1) is 8.70. The Morgan fingerprint density at radius 2 is 1.89 bits per heavy atom. The lowest BCUT2D eigenvalue weighted by Gasteiger charge is -2.17. The Hall–Kier alpha value is -1.55. The predicted molar refractivity (Wildman–Crippen MR) is 77.3 cm³/mol. The minimum Gasteiger partial charge on any atom is -0.347 e. The van der Waals surface area contributed by atoms with Crippen molar-refractivity contribution in [1.82, 2.24) is 5.32 Å². The molecule has 0 aliphatic rings. The molecule has 0 aliphatic heterocycles. The fourth-order valence-electron chi connectivity index (χ4n) is 1.34. The minimum atomic E-state index is -0.512. The number of anilines is 1. The van der Waals surface area contributed by atoms with Gasteiger partial charge in [0.15, 0.2) is 0 Å². The zero-order valence-electron chi connectivity index (χ0n) is 11.6. The Kier molecular flexibility index (Phi) is 4.95. The molecule has 0 saturated carbocycles. The van der Waals surface area contributed by atoms with E-state index in [2.05, 4.69) is 10.6 Å². The summed E-state index contributed by atoms with van der Waals surface area (Å²) in [5.41, 5.74) is 1.05. The zero-order chi connectivity index (χ0) is 14.6. The van der Waals surface area contributed by atoms with Crippen LogP contribution in [0.3, 0.4) is 0 Å². The fraction of sp³-hybridized carbons (Fsp3) is 0.429. The van der Waals surface area contributed by atoms with Crippen molar-refractivity contribution in [1.29, 1.82) is 0 Å². The number of amides is 2. The summed E-state index contributed by atoms with van der Waals surface area (Å²) in [6.07, 6.45) is 0. The van der Waals surface area contributed by atoms with E-state index in [1.54, 1.807) is 32.9 Å². The molecule has 0 bridgehead atoms. The summed E-state index contributed by atoms with van der Waals surface area (Å²) in [6, 6.07) is 5.36. The van der Waals surface area contributed by atoms with Crippen molar-refractivity contribution in [2.24, 2.45) is 5.41 Å². The molecular formula is C14H19ClN2O2. The van der Waals surface area contributed by atoms with E-state index in [0.29, 0.717) is 10.7 Å². The molecule has 2 N–H and O–H groups in total. The van der Waals surface area contributed by atoms with Crippen molar-refractivity contribution in [2.75, 3.05) is 11.9 Å². The largest absolute Gasteiger partial charge is 0.347 e. The number of benzene rings is 1. The fourth-order valence-corrected chi connectivity index (χ4v) is 1.62. The maximum Gasteiger partial charge on any atom is 0.243 e. The normalized spacial score (nSPS) is 11.0. The van der Waals surface area contributed by atoms with Crippen molar-refractivity contribution >= 4 is 29.1 Å². The molecule has 0 spiro atoms. The highest BCUT2D eigenvalue weighted by Crippen LogP contribution is 2.22. The van der Waals surface area contributed by atoms with E-state index in [9.17, 15) is 9.59 Å². The van der Waals surface area contributed by atoms with Crippen molar-refractivity contribution in [3.8, 4) is 0 Å². The third-order valence-corrected chi connectivity index (χ3v) is 2.80. The summed E-state index contributed by atoms with van der Waals surface area (Å²) in [5, 5.41) is 5.72. The lowest BCUT2D eigenvalue weighted by Crippen LogP contribution is -2.39. The smallest absolute Gasteiger partial charge is 0.243 e. The van der Waals surface area contributed by atoms with Crippen LogP contribution in [0.4, 0.5) is 5.69 Å². The Morgan fingerprint density at radius 1 is 1.26 bits per heavy atom. The average molecular weight is 283 g/mol. The van der Waals surface area contributed by atoms with Gasteiger partial charge in [0, 0.05) is 5.41 Å². The summed E-state index contributed by atoms with van der Waals surface area (Å²) < 4.78 is 0. The molecule has 1 aromatic rings. The van der Waals surface area contributed by atoms with Gasteiger partial charge in [-0.25, -0.2) is 0 Å². The van der Waals surface area contributed by atoms with Gasteiger partial charge in [-0.1, -0.05) is 38.4 Å². The number of rotatable bonds is 3. The topological polar surface area (TPSA) is 58.2 Å². The van der Waals surface area contributed by atoms with Crippen LogP contribution in [0.25, 0.3) is 0 Å². The molecule has 4 nitrogen and oxygen atoms in total. The molecule has 0 radical (unpaired) electrons. The maximum absolute atomic E-state index is 11.7. The Labute approximate surface area is 118 Å². The van der Waals surface area contributed by atoms with Gasteiger partial charge in [-0.3, -0.25) is 9.59 Å².